The number of fused-ring (bicyclic) bond motifs is 3. The lowest BCUT2D eigenvalue weighted by Crippen LogP contribution is -2.55. The Kier molecular flexibility index (Phi) is 26.7. The number of carboxylic acid groups (broad SMARTS) is 3. The minimum absolute atomic E-state index is 0.0138. The maximum absolute atomic E-state index is 14.5. The molecule has 526 valence electrons. The second-order valence-electron chi connectivity index (χ2n) is 24.6. The first-order valence-corrected chi connectivity index (χ1v) is 31.9. The number of nitrogens with one attached hydrogen (secondary N) is 2. The van der Waals surface area contributed by atoms with Gasteiger partial charge in [0.1, 0.15) is 18.1 Å². The monoisotopic (exact) mass is 1390 g/mol. The summed E-state index contributed by atoms with van der Waals surface area (Å²) < 4.78 is 19.6. The highest BCUT2D eigenvalue weighted by Crippen LogP contribution is 2.47. The smallest absolute Gasteiger partial charge is 0.317 e. The molecular weight excluding hydrogens is 1310 g/mol. The number of halogens is 2. The number of carbonyl (C=O) groups excluding carboxylic acids is 8. The van der Waals surface area contributed by atoms with E-state index in [0.717, 1.165) is 24.5 Å². The summed E-state index contributed by atoms with van der Waals surface area (Å²) in [5, 5.41) is 39.6. The molecule has 4 aromatic rings. The fourth-order valence-corrected chi connectivity index (χ4v) is 11.6. The third kappa shape index (κ3) is 21.3. The Balaban J connectivity index is 0.871. The minimum Gasteiger partial charge on any atom is -0.496 e. The number of carbonyl (C=O) groups is 11. The maximum Gasteiger partial charge on any atom is 0.317 e. The number of hydrogen-bond donors (Lipinski definition) is 5. The van der Waals surface area contributed by atoms with Crippen molar-refractivity contribution in [3.05, 3.63) is 75.9 Å². The minimum atomic E-state index is -1.09. The highest BCUT2D eigenvalue weighted by Gasteiger charge is 2.40. The molecule has 0 radical (unpaired) electrons. The largest absolute Gasteiger partial charge is 0.496 e. The lowest BCUT2D eigenvalue weighted by atomic mass is 9.95. The number of benzene rings is 3. The average Bonchev–Trinajstić information content (AvgIpc) is 1.62. The molecule has 3 aliphatic heterocycles. The normalized spacial score (nSPS) is 15.4. The summed E-state index contributed by atoms with van der Waals surface area (Å²) >= 11 is 13.0. The van der Waals surface area contributed by atoms with Crippen LogP contribution in [-0.2, 0) is 59.3 Å². The van der Waals surface area contributed by atoms with Crippen LogP contribution in [-0.4, -0.2) is 325 Å². The zero-order chi connectivity index (χ0) is 71.0. The number of carboxylic acids is 3. The van der Waals surface area contributed by atoms with E-state index in [2.05, 4.69) is 10.6 Å². The van der Waals surface area contributed by atoms with Gasteiger partial charge in [0.25, 0.3) is 5.91 Å². The Bertz CT molecular complexity index is 3560. The third-order valence-corrected chi connectivity index (χ3v) is 17.0. The number of nitrogens with zero attached hydrogens (tertiary/aromatic N) is 12. The van der Waals surface area contributed by atoms with E-state index in [-0.39, 0.29) is 110 Å². The lowest BCUT2D eigenvalue weighted by molar-refractivity contribution is -0.145. The molecule has 7 rings (SSSR count). The van der Waals surface area contributed by atoms with Crippen LogP contribution in [0.1, 0.15) is 36.3 Å². The van der Waals surface area contributed by atoms with Gasteiger partial charge < -0.3 is 69.6 Å². The van der Waals surface area contributed by atoms with Gasteiger partial charge in [0.15, 0.2) is 5.69 Å². The number of aromatic nitrogens is 2. The summed E-state index contributed by atoms with van der Waals surface area (Å²) in [7, 11) is 8.34. The third-order valence-electron chi connectivity index (χ3n) is 16.6. The SMILES string of the molecule is COc1cc2c(cc1-c1cccc(NC(=O)CN(C)C(=O)CN(C)C(=O)CN(C)C(=O)CN(C)C(=O)CN(C)C(=O)CCNC(=O)CN3CCN(CC(=O)O)CCN(CC(=O)O)CCN(CC(=O)O)CC3)c1)-c1c(c(C(=O)N3CCOCC3(C)C)nn1-c1cc(Cl)cc(Cl)c1)CO2. The predicted molar refractivity (Wildman–Crippen MR) is 354 cm³/mol. The molecule has 0 unspecified atom stereocenters. The molecule has 0 bridgehead atoms. The van der Waals surface area contributed by atoms with E-state index in [1.165, 1.54) is 42.3 Å². The van der Waals surface area contributed by atoms with E-state index in [1.807, 2.05) is 26.0 Å². The molecule has 33 heteroatoms. The number of amides is 8. The van der Waals surface area contributed by atoms with E-state index in [1.54, 1.807) is 71.6 Å². The van der Waals surface area contributed by atoms with E-state index in [0.29, 0.717) is 80.6 Å². The number of morpholine rings is 1. The molecule has 1 aromatic heterocycles. The fourth-order valence-electron chi connectivity index (χ4n) is 11.1. The number of rotatable bonds is 26. The number of ether oxygens (including phenoxy) is 3. The van der Waals surface area contributed by atoms with Gasteiger partial charge in [0.05, 0.1) is 96.1 Å². The Morgan fingerprint density at radius 1 is 0.598 bits per heavy atom. The number of methoxy groups -OCH3 is 1. The molecule has 5 N–H and O–H groups in total. The van der Waals surface area contributed by atoms with E-state index < -0.39 is 97.5 Å². The Hall–Kier alpha value is -8.98. The number of hydrogen-bond acceptors (Lipinski definition) is 19. The summed E-state index contributed by atoms with van der Waals surface area (Å²) in [6.07, 6.45) is -0.197. The highest BCUT2D eigenvalue weighted by molar-refractivity contribution is 6.35. The molecule has 0 saturated carbocycles. The van der Waals surface area contributed by atoms with Crippen molar-refractivity contribution in [3.8, 4) is 39.6 Å². The summed E-state index contributed by atoms with van der Waals surface area (Å²) in [5.74, 6) is -6.64. The van der Waals surface area contributed by atoms with Crippen LogP contribution in [0.4, 0.5) is 5.69 Å². The van der Waals surface area contributed by atoms with Gasteiger partial charge in [-0.25, -0.2) is 4.68 Å². The van der Waals surface area contributed by atoms with Crippen LogP contribution in [0, 0.1) is 0 Å². The van der Waals surface area contributed by atoms with Crippen molar-refractivity contribution in [2.24, 2.45) is 0 Å². The van der Waals surface area contributed by atoms with Crippen LogP contribution in [0.15, 0.2) is 54.6 Å². The molecule has 0 spiro atoms. The van der Waals surface area contributed by atoms with E-state index in [9.17, 15) is 68.1 Å². The molecule has 2 saturated heterocycles. The first-order chi connectivity index (χ1) is 45.9. The van der Waals surface area contributed by atoms with Gasteiger partial charge >= 0.3 is 17.9 Å². The Morgan fingerprint density at radius 3 is 1.57 bits per heavy atom. The van der Waals surface area contributed by atoms with Gasteiger partial charge in [-0.1, -0.05) is 35.3 Å². The molecule has 97 heavy (non-hydrogen) atoms. The predicted octanol–water partition coefficient (Wildman–Crippen LogP) is 0.877. The van der Waals surface area contributed by atoms with Gasteiger partial charge in [0.2, 0.25) is 41.4 Å². The summed E-state index contributed by atoms with van der Waals surface area (Å²) in [4.78, 5) is 156. The molecule has 2 fully saturated rings. The standard InChI is InChI=1S/C64H84Cl2N14O17/c1-64(2)40-96-23-22-79(64)63(94)61-48-39-97-50-29-49(95-8)46(28-47(50)62(48)80(69-61)45-26-42(65)25-43(66)27-45)41-10-9-11-44(24-41)68-52(82)30-70(3)54(84)33-72(5)56(86)35-74(7)57(87)34-73(6)55(85)32-71(4)53(83)12-13-67-51(81)31-75-14-16-76(36-58(88)89)18-20-78(38-60(92)93)21-19-77(17-15-75)37-59(90)91/h9-11,24-29H,12-23,30-40H2,1-8H3,(H,67,81)(H,68,82)(H,88,89)(H,90,91)(H,92,93). The first-order valence-electron chi connectivity index (χ1n) is 31.1. The number of likely N-dealkylation sites (N-methyl/N-ethyl adjacent to an activating group) is 5. The van der Waals surface area contributed by atoms with Gasteiger partial charge in [-0.05, 0) is 55.8 Å². The Morgan fingerprint density at radius 2 is 1.08 bits per heavy atom. The van der Waals surface area contributed by atoms with Crippen molar-refractivity contribution < 1.29 is 82.3 Å². The lowest BCUT2D eigenvalue weighted by Gasteiger charge is -2.41. The van der Waals surface area contributed by atoms with Crippen LogP contribution >= 0.6 is 23.2 Å². The molecule has 3 aromatic carbocycles. The van der Waals surface area contributed by atoms with Crippen molar-refractivity contribution in [1.82, 2.24) is 64.1 Å². The van der Waals surface area contributed by atoms with Gasteiger partial charge in [0, 0.05) is 146 Å². The van der Waals surface area contributed by atoms with Crippen LogP contribution in [0.5, 0.6) is 11.5 Å². The van der Waals surface area contributed by atoms with Gasteiger partial charge in [-0.15, -0.1) is 0 Å². The quantitative estimate of drug-likeness (QED) is 0.0582. The fraction of sp³-hybridized carbons (Fsp3) is 0.500. The van der Waals surface area contributed by atoms with Crippen LogP contribution < -0.4 is 20.1 Å². The molecule has 8 amide bonds. The van der Waals surface area contributed by atoms with Crippen molar-refractivity contribution in [3.63, 3.8) is 0 Å². The first kappa shape index (κ1) is 75.4. The van der Waals surface area contributed by atoms with E-state index in [4.69, 9.17) is 42.5 Å². The van der Waals surface area contributed by atoms with Crippen molar-refractivity contribution in [2.75, 3.05) is 185 Å². The zero-order valence-electron chi connectivity index (χ0n) is 55.6. The van der Waals surface area contributed by atoms with Crippen LogP contribution in [0.2, 0.25) is 10.0 Å². The van der Waals surface area contributed by atoms with Gasteiger partial charge in [-0.3, -0.25) is 72.3 Å². The number of aliphatic carboxylic acids is 3. The second kappa shape index (κ2) is 34.3. The van der Waals surface area contributed by atoms with Crippen molar-refractivity contribution in [2.45, 2.75) is 32.4 Å². The molecular formula is C64H84Cl2N14O17. The second-order valence-corrected chi connectivity index (χ2v) is 25.5. The topological polar surface area (TPSA) is 350 Å². The average molecular weight is 1390 g/mol. The zero-order valence-corrected chi connectivity index (χ0v) is 57.2. The molecule has 4 heterocycles. The summed E-state index contributed by atoms with van der Waals surface area (Å²) in [5.41, 5.74) is 3.37. The highest BCUT2D eigenvalue weighted by atomic mass is 35.5. The summed E-state index contributed by atoms with van der Waals surface area (Å²) in [6, 6.07) is 15.5. The molecule has 0 aliphatic carbocycles. The summed E-state index contributed by atoms with van der Waals surface area (Å²) in [6.45, 7) is 3.17. The van der Waals surface area contributed by atoms with E-state index >= 15 is 0 Å². The molecule has 0 atom stereocenters. The van der Waals surface area contributed by atoms with Crippen molar-refractivity contribution in [1.29, 1.82) is 0 Å². The van der Waals surface area contributed by atoms with Crippen LogP contribution in [0.3, 0.4) is 0 Å². The van der Waals surface area contributed by atoms with Crippen LogP contribution in [0.25, 0.3) is 28.1 Å². The van der Waals surface area contributed by atoms with Crippen molar-refractivity contribution >= 4 is 94.1 Å². The number of anilines is 1. The van der Waals surface area contributed by atoms with Gasteiger partial charge in [-0.2, -0.15) is 5.10 Å². The maximum atomic E-state index is 14.5. The molecule has 3 aliphatic rings. The Labute approximate surface area is 571 Å². The molecule has 31 nitrogen and oxygen atoms in total.